The van der Waals surface area contributed by atoms with Crippen LogP contribution in [-0.2, 0) is 0 Å². The van der Waals surface area contributed by atoms with Crippen LogP contribution in [0.1, 0.15) is 65.8 Å². The zero-order chi connectivity index (χ0) is 31.7. The summed E-state index contributed by atoms with van der Waals surface area (Å²) in [6, 6.07) is 0. The molecule has 228 valence electrons. The molecule has 0 fully saturated rings. The van der Waals surface area contributed by atoms with E-state index in [9.17, 15) is 0 Å². The van der Waals surface area contributed by atoms with Gasteiger partial charge in [0.2, 0.25) is 23.6 Å². The Labute approximate surface area is 257 Å². The maximum Gasteiger partial charge on any atom is 0.223 e. The molecule has 42 heavy (non-hydrogen) atoms. The predicted octanol–water partition coefficient (Wildman–Crippen LogP) is 6.73. The summed E-state index contributed by atoms with van der Waals surface area (Å²) in [4.78, 5) is 17.1. The highest BCUT2D eigenvalue weighted by molar-refractivity contribution is 7.11. The fraction of sp³-hybridized carbons (Fsp3) is 0.462. The van der Waals surface area contributed by atoms with Crippen LogP contribution >= 0.6 is 34.0 Å². The lowest BCUT2D eigenvalue weighted by atomic mass is 10.6. The molecule has 0 atom stereocenters. The lowest BCUT2D eigenvalue weighted by Crippen LogP contribution is -1.70. The van der Waals surface area contributed by atoms with Crippen molar-refractivity contribution in [3.8, 4) is 0 Å². The van der Waals surface area contributed by atoms with Crippen molar-refractivity contribution < 1.29 is 13.5 Å². The minimum Gasteiger partial charge on any atom is -0.426 e. The van der Waals surface area contributed by atoms with Gasteiger partial charge in [0.15, 0.2) is 11.6 Å². The van der Waals surface area contributed by atoms with Crippen LogP contribution in [-0.4, -0.2) is 50.6 Å². The van der Waals surface area contributed by atoms with Gasteiger partial charge < -0.3 is 13.5 Å². The molecule has 0 aliphatic heterocycles. The highest BCUT2D eigenvalue weighted by Crippen LogP contribution is 2.08. The smallest absolute Gasteiger partial charge is 0.223 e. The number of aryl methyl sites for hydroxylation is 12. The summed E-state index contributed by atoms with van der Waals surface area (Å²) in [5, 5.41) is 28.3. The van der Waals surface area contributed by atoms with Gasteiger partial charge in [0.25, 0.3) is 0 Å². The maximum absolute atomic E-state index is 4.86. The fourth-order valence-corrected chi connectivity index (χ4v) is 4.39. The van der Waals surface area contributed by atoms with Gasteiger partial charge in [-0.1, -0.05) is 10.3 Å². The van der Waals surface area contributed by atoms with Crippen molar-refractivity contribution in [3.63, 3.8) is 0 Å². The van der Waals surface area contributed by atoms with Crippen LogP contribution in [0.2, 0.25) is 0 Å². The second kappa shape index (κ2) is 19.4. The third-order valence-corrected chi connectivity index (χ3v) is 6.46. The molecule has 13 nitrogen and oxygen atoms in total. The van der Waals surface area contributed by atoms with Gasteiger partial charge in [-0.2, -0.15) is 9.97 Å². The summed E-state index contributed by atoms with van der Waals surface area (Å²) >= 11 is 5.05. The summed E-state index contributed by atoms with van der Waals surface area (Å²) in [6.45, 7) is 22.6. The van der Waals surface area contributed by atoms with E-state index in [2.05, 4.69) is 72.0 Å². The summed E-state index contributed by atoms with van der Waals surface area (Å²) in [6.07, 6.45) is 1.89. The van der Waals surface area contributed by atoms with Crippen LogP contribution < -0.4 is 0 Å². The molecular weight excluding hydrogens is 597 g/mol. The molecule has 0 radical (unpaired) electrons. The van der Waals surface area contributed by atoms with E-state index in [-0.39, 0.29) is 0 Å². The molecule has 0 aliphatic rings. The molecule has 0 saturated heterocycles. The molecule has 0 saturated carbocycles. The second-order valence-electron chi connectivity index (χ2n) is 8.40. The zero-order valence-corrected chi connectivity index (χ0v) is 28.5. The minimum absolute atomic E-state index is 0.623. The van der Waals surface area contributed by atoms with E-state index in [1.165, 1.54) is 4.88 Å². The number of hydrogen-bond donors (Lipinski definition) is 0. The molecule has 0 N–H and O–H groups in total. The van der Waals surface area contributed by atoms with Crippen LogP contribution in [0.3, 0.4) is 0 Å². The Morgan fingerprint density at radius 1 is 0.524 bits per heavy atom. The monoisotopic (exact) mass is 634 g/mol. The molecule has 0 unspecified atom stereocenters. The van der Waals surface area contributed by atoms with Gasteiger partial charge in [-0.15, -0.1) is 54.4 Å². The molecular formula is C26H38N10O3S3. The lowest BCUT2D eigenvalue weighted by Gasteiger charge is -1.71. The number of thiazole rings is 2. The molecule has 0 aromatic carbocycles. The van der Waals surface area contributed by atoms with E-state index in [4.69, 9.17) is 4.42 Å². The Morgan fingerprint density at radius 2 is 1.02 bits per heavy atom. The van der Waals surface area contributed by atoms with Crippen molar-refractivity contribution in [2.24, 2.45) is 0 Å². The van der Waals surface area contributed by atoms with E-state index in [1.54, 1.807) is 75.6 Å². The van der Waals surface area contributed by atoms with Gasteiger partial charge in [0.05, 0.1) is 10.0 Å². The lowest BCUT2D eigenvalue weighted by molar-refractivity contribution is 0.389. The summed E-state index contributed by atoms with van der Waals surface area (Å²) in [5.41, 5.74) is 1.13. The SMILES string of the molecule is Cc1cnc(C)s1.Cc1csc(C)n1.Cc1nnc(C)o1.Cc1nnc(C)s1.Cc1noc(C)n1.Cc1noc(C)n1. The van der Waals surface area contributed by atoms with Crippen molar-refractivity contribution in [1.82, 2.24) is 50.6 Å². The quantitative estimate of drug-likeness (QED) is 0.172. The highest BCUT2D eigenvalue weighted by atomic mass is 32.1. The first kappa shape index (κ1) is 36.3. The number of hydrogen-bond acceptors (Lipinski definition) is 16. The van der Waals surface area contributed by atoms with Crippen LogP contribution in [0.4, 0.5) is 0 Å². The molecule has 6 aromatic rings. The van der Waals surface area contributed by atoms with Crippen LogP contribution in [0.5, 0.6) is 0 Å². The molecule has 0 amide bonds. The maximum atomic E-state index is 4.86. The van der Waals surface area contributed by atoms with Crippen molar-refractivity contribution in [1.29, 1.82) is 0 Å². The largest absolute Gasteiger partial charge is 0.426 e. The van der Waals surface area contributed by atoms with Gasteiger partial charge >= 0.3 is 0 Å². The molecule has 6 heterocycles. The molecule has 0 aliphatic carbocycles. The van der Waals surface area contributed by atoms with E-state index in [0.29, 0.717) is 35.2 Å². The van der Waals surface area contributed by atoms with E-state index in [1.807, 2.05) is 40.8 Å². The van der Waals surface area contributed by atoms with Gasteiger partial charge in [-0.05, 0) is 55.4 Å². The molecule has 6 aromatic heterocycles. The van der Waals surface area contributed by atoms with Crippen molar-refractivity contribution in [2.75, 3.05) is 0 Å². The van der Waals surface area contributed by atoms with Gasteiger partial charge in [0, 0.05) is 49.8 Å². The summed E-state index contributed by atoms with van der Waals surface area (Å²) in [5.74, 6) is 3.88. The third kappa shape index (κ3) is 17.8. The Bertz CT molecular complexity index is 1150. The summed E-state index contributed by atoms with van der Waals surface area (Å²) in [7, 11) is 0. The average molecular weight is 635 g/mol. The molecule has 0 spiro atoms. The fourth-order valence-electron chi connectivity index (χ4n) is 2.53. The topological polar surface area (TPSA) is 168 Å². The predicted molar refractivity (Wildman–Crippen MR) is 164 cm³/mol. The van der Waals surface area contributed by atoms with Crippen molar-refractivity contribution in [2.45, 2.75) is 83.1 Å². The van der Waals surface area contributed by atoms with Crippen molar-refractivity contribution >= 4 is 34.0 Å². The Kier molecular flexibility index (Phi) is 16.7. The van der Waals surface area contributed by atoms with Gasteiger partial charge in [-0.3, -0.25) is 0 Å². The van der Waals surface area contributed by atoms with Gasteiger partial charge in [-0.25, -0.2) is 9.97 Å². The van der Waals surface area contributed by atoms with E-state index >= 15 is 0 Å². The minimum atomic E-state index is 0.623. The highest BCUT2D eigenvalue weighted by Gasteiger charge is 1.92. The number of aromatic nitrogens is 10. The molecule has 6 rings (SSSR count). The van der Waals surface area contributed by atoms with Crippen molar-refractivity contribution in [3.05, 3.63) is 77.4 Å². The number of nitrogens with zero attached hydrogens (tertiary/aromatic N) is 10. The van der Waals surface area contributed by atoms with E-state index in [0.717, 1.165) is 25.7 Å². The summed E-state index contributed by atoms with van der Waals surface area (Å²) < 4.78 is 14.1. The number of rotatable bonds is 0. The first-order valence-electron chi connectivity index (χ1n) is 12.6. The molecule has 0 bridgehead atoms. The molecule has 16 heteroatoms. The zero-order valence-electron chi connectivity index (χ0n) is 26.1. The van der Waals surface area contributed by atoms with E-state index < -0.39 is 0 Å². The Hall–Kier alpha value is -3.76. The first-order chi connectivity index (χ1) is 19.7. The Balaban J connectivity index is 0.000000252. The van der Waals surface area contributed by atoms with Crippen LogP contribution in [0, 0.1) is 83.1 Å². The van der Waals surface area contributed by atoms with Crippen LogP contribution in [0.25, 0.3) is 0 Å². The first-order valence-corrected chi connectivity index (χ1v) is 15.1. The normalized spacial score (nSPS) is 9.43. The second-order valence-corrected chi connectivity index (χ2v) is 12.3. The van der Waals surface area contributed by atoms with Gasteiger partial charge in [0.1, 0.15) is 10.0 Å². The van der Waals surface area contributed by atoms with Crippen LogP contribution in [0.15, 0.2) is 25.0 Å². The third-order valence-electron chi connectivity index (χ3n) is 3.98. The standard InChI is InChI=1S/2C5H7NS.3C4H6N2O.C4H6N2S/c1-4-3-7-5(2)6-4;1-4-3-6-5(2)7-4;1-3-5-6-4(2)7-3;2*1-3-5-4(2)7-6-3;1-3-5-6-4(2)7-3/h2*3H,1-2H3;4*1-2H3. The average Bonchev–Trinajstić information content (AvgIpc) is 3.76. The Morgan fingerprint density at radius 3 is 1.14 bits per heavy atom.